The maximum Gasteiger partial charge on any atom is 0.216 e. The van der Waals surface area contributed by atoms with E-state index in [2.05, 4.69) is 11.9 Å². The van der Waals surface area contributed by atoms with E-state index in [1.54, 1.807) is 6.07 Å². The second-order valence-corrected chi connectivity index (χ2v) is 8.47. The summed E-state index contributed by atoms with van der Waals surface area (Å²) < 4.78 is 6.23. The average Bonchev–Trinajstić information content (AvgIpc) is 2.94. The number of piperidine rings is 1. The largest absolute Gasteiger partial charge is 0.504 e. The molecule has 5 atom stereocenters. The van der Waals surface area contributed by atoms with Gasteiger partial charge in [0.2, 0.25) is 5.60 Å². The van der Waals surface area contributed by atoms with E-state index in [4.69, 9.17) is 4.74 Å². The number of carbonyl (C=O) groups excluding carboxylic acids is 2. The summed E-state index contributed by atoms with van der Waals surface area (Å²) in [5.41, 5.74) is -2.89. The highest BCUT2D eigenvalue weighted by atomic mass is 16.5. The van der Waals surface area contributed by atoms with E-state index >= 15 is 0 Å². The van der Waals surface area contributed by atoms with Crippen molar-refractivity contribution < 1.29 is 24.5 Å². The minimum absolute atomic E-state index is 0.0554. The predicted octanol–water partition coefficient (Wildman–Crippen LogP) is 1.12. The van der Waals surface area contributed by atoms with Crippen molar-refractivity contribution in [3.8, 4) is 11.5 Å². The van der Waals surface area contributed by atoms with Crippen molar-refractivity contribution in [3.05, 3.63) is 35.4 Å². The van der Waals surface area contributed by atoms with Gasteiger partial charge in [0.05, 0.1) is 5.41 Å². The number of phenols is 1. The number of likely N-dealkylation sites (tertiary alicyclic amines) is 1. The minimum atomic E-state index is -2.07. The zero-order valence-electron chi connectivity index (χ0n) is 15.7. The molecule has 6 nitrogen and oxygen atoms in total. The molecule has 2 bridgehead atoms. The van der Waals surface area contributed by atoms with E-state index in [1.807, 2.05) is 12.1 Å². The van der Waals surface area contributed by atoms with Crippen LogP contribution in [-0.4, -0.2) is 57.5 Å². The first kappa shape index (κ1) is 17.0. The van der Waals surface area contributed by atoms with Gasteiger partial charge in [-0.15, -0.1) is 0 Å². The van der Waals surface area contributed by atoms with Gasteiger partial charge in [0.15, 0.2) is 28.7 Å². The van der Waals surface area contributed by atoms with Gasteiger partial charge in [-0.1, -0.05) is 12.1 Å². The fourth-order valence-corrected chi connectivity index (χ4v) is 6.38. The van der Waals surface area contributed by atoms with Crippen LogP contribution in [0.2, 0.25) is 0 Å². The average molecular weight is 369 g/mol. The molecule has 2 aliphatic carbocycles. The maximum atomic E-state index is 13.2. The summed E-state index contributed by atoms with van der Waals surface area (Å²) in [5.74, 6) is -0.812. The molecule has 6 heteroatoms. The number of hydrogen-bond donors (Lipinski definition) is 2. The number of likely N-dealkylation sites (N-methyl/N-ethyl adjacent to an activating group) is 1. The second kappa shape index (κ2) is 4.80. The van der Waals surface area contributed by atoms with Crippen LogP contribution in [-0.2, 0) is 21.4 Å². The Kier molecular flexibility index (Phi) is 3.02. The number of rotatable bonds is 2. The molecule has 0 aromatic heterocycles. The molecule has 2 N–H and O–H groups in total. The first-order valence-corrected chi connectivity index (χ1v) is 9.39. The van der Waals surface area contributed by atoms with Gasteiger partial charge in [0, 0.05) is 17.5 Å². The van der Waals surface area contributed by atoms with Crippen LogP contribution >= 0.6 is 0 Å². The Labute approximate surface area is 157 Å². The third kappa shape index (κ3) is 1.54. The van der Waals surface area contributed by atoms with Gasteiger partial charge in [0.1, 0.15) is 0 Å². The fourth-order valence-electron chi connectivity index (χ4n) is 6.38. The topological polar surface area (TPSA) is 87.1 Å². The van der Waals surface area contributed by atoms with Gasteiger partial charge in [0.25, 0.3) is 0 Å². The molecule has 142 valence electrons. The van der Waals surface area contributed by atoms with Crippen molar-refractivity contribution in [3.63, 3.8) is 0 Å². The molecule has 0 saturated carbocycles. The number of benzene rings is 1. The van der Waals surface area contributed by atoms with Gasteiger partial charge in [-0.25, -0.2) is 0 Å². The van der Waals surface area contributed by atoms with Crippen molar-refractivity contribution in [2.45, 2.75) is 49.3 Å². The van der Waals surface area contributed by atoms with Crippen molar-refractivity contribution in [1.29, 1.82) is 0 Å². The molecule has 1 fully saturated rings. The summed E-state index contributed by atoms with van der Waals surface area (Å²) in [4.78, 5) is 28.1. The molecule has 4 aliphatic rings. The molecule has 1 aromatic carbocycles. The van der Waals surface area contributed by atoms with Crippen molar-refractivity contribution in [1.82, 2.24) is 4.90 Å². The minimum Gasteiger partial charge on any atom is -0.504 e. The number of aliphatic hydroxyl groups is 1. The first-order valence-electron chi connectivity index (χ1n) is 9.39. The Balaban J connectivity index is 1.95. The van der Waals surface area contributed by atoms with E-state index < -0.39 is 22.4 Å². The van der Waals surface area contributed by atoms with Crippen molar-refractivity contribution in [2.75, 3.05) is 13.6 Å². The number of Topliss-reactive ketones (excluding diaryl/α,β-unsaturated/α-hetero) is 2. The lowest BCUT2D eigenvalue weighted by Crippen LogP contribution is -2.79. The van der Waals surface area contributed by atoms with Crippen LogP contribution < -0.4 is 4.74 Å². The van der Waals surface area contributed by atoms with Crippen LogP contribution in [0.1, 0.15) is 31.4 Å². The molecule has 1 saturated heterocycles. The molecule has 2 aliphatic heterocycles. The summed E-state index contributed by atoms with van der Waals surface area (Å²) in [5, 5.41) is 22.1. The van der Waals surface area contributed by atoms with Crippen LogP contribution in [0.15, 0.2) is 24.3 Å². The van der Waals surface area contributed by atoms with E-state index in [1.165, 1.54) is 19.9 Å². The maximum absolute atomic E-state index is 13.2. The lowest BCUT2D eigenvalue weighted by molar-refractivity contribution is -0.187. The van der Waals surface area contributed by atoms with Crippen LogP contribution in [0.5, 0.6) is 11.5 Å². The Hall–Kier alpha value is -2.18. The van der Waals surface area contributed by atoms with Crippen molar-refractivity contribution >= 4 is 11.6 Å². The Bertz CT molecular complexity index is 939. The van der Waals surface area contributed by atoms with Crippen LogP contribution in [0.25, 0.3) is 0 Å². The predicted molar refractivity (Wildman–Crippen MR) is 96.8 cm³/mol. The van der Waals surface area contributed by atoms with E-state index in [0.717, 1.165) is 24.1 Å². The summed E-state index contributed by atoms with van der Waals surface area (Å²) in [6, 6.07) is 3.59. The monoisotopic (exact) mass is 369 g/mol. The lowest BCUT2D eigenvalue weighted by Gasteiger charge is -2.62. The summed E-state index contributed by atoms with van der Waals surface area (Å²) in [7, 11) is 2.06. The number of ether oxygens (including phenoxy) is 1. The molecule has 0 amide bonds. The van der Waals surface area contributed by atoms with Crippen LogP contribution in [0, 0.1) is 5.92 Å². The number of carbonyl (C=O) groups is 2. The standard InChI is InChI=1S/C21H23NO5/c1-11(23)20(26)7-6-14-15-10-13-4-5-16(25)18-17(13)19(14,8-9-22(15)3)21(20,27-18)12(2)24/h4-7,14-15,25-26H,8-10H2,1-3H3/t14-,15+,19-,20+,21+/m0/s1. The molecular formula is C21H23NO5. The number of ketones is 2. The molecular weight excluding hydrogens is 346 g/mol. The molecule has 1 aromatic rings. The highest BCUT2D eigenvalue weighted by molar-refractivity contribution is 6.03. The van der Waals surface area contributed by atoms with E-state index in [9.17, 15) is 19.8 Å². The zero-order valence-corrected chi connectivity index (χ0v) is 15.7. The molecule has 2 heterocycles. The fraction of sp³-hybridized carbons (Fsp3) is 0.524. The summed E-state index contributed by atoms with van der Waals surface area (Å²) >= 11 is 0. The highest BCUT2D eigenvalue weighted by Gasteiger charge is 2.79. The van der Waals surface area contributed by atoms with Gasteiger partial charge in [-0.2, -0.15) is 0 Å². The highest BCUT2D eigenvalue weighted by Crippen LogP contribution is 2.68. The summed E-state index contributed by atoms with van der Waals surface area (Å²) in [6.45, 7) is 3.38. The molecule has 0 radical (unpaired) electrons. The number of phenolic OH excluding ortho intramolecular Hbond substituents is 1. The SMILES string of the molecule is CC(=O)[C@@]12Oc3c(O)ccc4c3[C@@]13CCN(C)[C@H](C4)[C@@H]3C=C[C@@]2(O)C(C)=O. The smallest absolute Gasteiger partial charge is 0.216 e. The first-order chi connectivity index (χ1) is 12.7. The van der Waals surface area contributed by atoms with Gasteiger partial charge in [-0.3, -0.25) is 9.59 Å². The van der Waals surface area contributed by atoms with Gasteiger partial charge < -0.3 is 19.8 Å². The third-order valence-electron chi connectivity index (χ3n) is 7.50. The van der Waals surface area contributed by atoms with E-state index in [-0.39, 0.29) is 29.2 Å². The molecule has 5 rings (SSSR count). The number of nitrogens with zero attached hydrogens (tertiary/aromatic N) is 1. The molecule has 0 unspecified atom stereocenters. The van der Waals surface area contributed by atoms with Crippen LogP contribution in [0.3, 0.4) is 0 Å². The third-order valence-corrected chi connectivity index (χ3v) is 7.50. The van der Waals surface area contributed by atoms with Gasteiger partial charge in [-0.05, 0) is 58.0 Å². The van der Waals surface area contributed by atoms with Crippen LogP contribution in [0.4, 0.5) is 0 Å². The number of hydrogen-bond acceptors (Lipinski definition) is 6. The quantitative estimate of drug-likeness (QED) is 0.760. The zero-order chi connectivity index (χ0) is 19.4. The number of aromatic hydroxyl groups is 1. The van der Waals surface area contributed by atoms with Crippen molar-refractivity contribution in [2.24, 2.45) is 5.92 Å². The molecule has 1 spiro atoms. The normalized spacial score (nSPS) is 41.0. The second-order valence-electron chi connectivity index (χ2n) is 8.47. The Morgan fingerprint density at radius 1 is 1.26 bits per heavy atom. The van der Waals surface area contributed by atoms with E-state index in [0.29, 0.717) is 6.42 Å². The Morgan fingerprint density at radius 2 is 2.00 bits per heavy atom. The van der Waals surface area contributed by atoms with Gasteiger partial charge >= 0.3 is 0 Å². The lowest BCUT2D eigenvalue weighted by atomic mass is 9.45. The Morgan fingerprint density at radius 3 is 2.67 bits per heavy atom. The molecule has 27 heavy (non-hydrogen) atoms. The summed E-state index contributed by atoms with van der Waals surface area (Å²) in [6.07, 6.45) is 4.69.